The van der Waals surface area contributed by atoms with Crippen molar-refractivity contribution in [3.63, 3.8) is 0 Å². The first-order valence-corrected chi connectivity index (χ1v) is 9.62. The highest BCUT2D eigenvalue weighted by molar-refractivity contribution is 6.08. The zero-order chi connectivity index (χ0) is 22.0. The van der Waals surface area contributed by atoms with Gasteiger partial charge in [-0.25, -0.2) is 4.39 Å². The highest BCUT2D eigenvalue weighted by Gasteiger charge is 2.23. The number of aromatic amines is 1. The molecule has 1 unspecified atom stereocenters. The molecule has 1 aromatic carbocycles. The molecule has 0 bridgehead atoms. The Labute approximate surface area is 173 Å². The molecule has 2 heterocycles. The molecule has 30 heavy (non-hydrogen) atoms. The fourth-order valence-electron chi connectivity index (χ4n) is 3.88. The maximum atomic E-state index is 14.0. The number of H-pyrrole nitrogens is 1. The van der Waals surface area contributed by atoms with Crippen LogP contribution in [0.5, 0.6) is 5.75 Å². The fourth-order valence-corrected chi connectivity index (χ4v) is 3.88. The molecule has 0 radical (unpaired) electrons. The summed E-state index contributed by atoms with van der Waals surface area (Å²) in [5.74, 6) is -0.423. The van der Waals surface area contributed by atoms with Gasteiger partial charge in [0.2, 0.25) is 0 Å². The lowest BCUT2D eigenvalue weighted by atomic mass is 10.1. The van der Waals surface area contributed by atoms with E-state index in [0.29, 0.717) is 40.3 Å². The number of fused-ring (bicyclic) bond motifs is 1. The average molecular weight is 415 g/mol. The molecule has 1 amide bonds. The summed E-state index contributed by atoms with van der Waals surface area (Å²) in [6, 6.07) is 6.03. The van der Waals surface area contributed by atoms with Crippen LogP contribution in [0.15, 0.2) is 29.1 Å². The minimum absolute atomic E-state index is 0.0212. The first-order valence-electron chi connectivity index (χ1n) is 9.62. The highest BCUT2D eigenvalue weighted by atomic mass is 19.1. The number of aryl methyl sites for hydroxylation is 1. The normalized spacial score (nSPS) is 12.2. The molecule has 0 aliphatic rings. The van der Waals surface area contributed by atoms with E-state index < -0.39 is 11.7 Å². The number of pyridine rings is 1. The predicted octanol–water partition coefficient (Wildman–Crippen LogP) is 3.23. The van der Waals surface area contributed by atoms with Crippen molar-refractivity contribution < 1.29 is 18.7 Å². The number of ether oxygens (including phenoxy) is 2. The summed E-state index contributed by atoms with van der Waals surface area (Å²) in [5.41, 5.74) is 2.46. The molecule has 3 rings (SSSR count). The Morgan fingerprint density at radius 1 is 1.27 bits per heavy atom. The molecule has 0 aliphatic carbocycles. The molecule has 0 saturated heterocycles. The van der Waals surface area contributed by atoms with Gasteiger partial charge in [-0.2, -0.15) is 0 Å². The van der Waals surface area contributed by atoms with Crippen LogP contribution in [-0.4, -0.2) is 36.3 Å². The van der Waals surface area contributed by atoms with E-state index in [1.54, 1.807) is 26.2 Å². The minimum atomic E-state index is -0.426. The number of halogens is 1. The van der Waals surface area contributed by atoms with Gasteiger partial charge in [0.05, 0.1) is 37.4 Å². The van der Waals surface area contributed by atoms with Crippen molar-refractivity contribution in [1.29, 1.82) is 0 Å². The minimum Gasteiger partial charge on any atom is -0.496 e. The van der Waals surface area contributed by atoms with Crippen molar-refractivity contribution in [3.05, 3.63) is 63.0 Å². The third-order valence-electron chi connectivity index (χ3n) is 5.16. The quantitative estimate of drug-likeness (QED) is 0.620. The topological polar surface area (TPSA) is 85.3 Å². The Bertz CT molecular complexity index is 1150. The van der Waals surface area contributed by atoms with Crippen LogP contribution in [0.2, 0.25) is 0 Å². The van der Waals surface area contributed by atoms with Crippen molar-refractivity contribution in [2.24, 2.45) is 0 Å². The predicted molar refractivity (Wildman–Crippen MR) is 113 cm³/mol. The number of benzene rings is 1. The first kappa shape index (κ1) is 21.6. The Kier molecular flexibility index (Phi) is 6.26. The standard InChI is InChI=1S/C22H26FN3O4/c1-12-8-19(30-5)17(21(27)25-12)10-24-22(28)20-14(3)26(13(2)11-29-4)18-7-6-15(23)9-16(18)20/h6-9,13H,10-11H2,1-5H3,(H,24,28)(H,25,27). The van der Waals surface area contributed by atoms with Gasteiger partial charge in [-0.15, -0.1) is 0 Å². The van der Waals surface area contributed by atoms with E-state index in [9.17, 15) is 14.0 Å². The lowest BCUT2D eigenvalue weighted by Crippen LogP contribution is -2.28. The Balaban J connectivity index is 2.01. The lowest BCUT2D eigenvalue weighted by Gasteiger charge is -2.17. The Morgan fingerprint density at radius 2 is 2.00 bits per heavy atom. The van der Waals surface area contributed by atoms with E-state index in [-0.39, 0.29) is 18.1 Å². The highest BCUT2D eigenvalue weighted by Crippen LogP contribution is 2.30. The number of nitrogens with one attached hydrogen (secondary N) is 2. The molecular formula is C22H26FN3O4. The number of hydrogen-bond donors (Lipinski definition) is 2. The number of methoxy groups -OCH3 is 2. The molecule has 3 aromatic rings. The van der Waals surface area contributed by atoms with Gasteiger partial charge < -0.3 is 24.3 Å². The van der Waals surface area contributed by atoms with Crippen molar-refractivity contribution in [3.8, 4) is 5.75 Å². The third kappa shape index (κ3) is 3.95. The largest absolute Gasteiger partial charge is 0.496 e. The summed E-state index contributed by atoms with van der Waals surface area (Å²) < 4.78 is 26.5. The van der Waals surface area contributed by atoms with Crippen LogP contribution in [-0.2, 0) is 11.3 Å². The van der Waals surface area contributed by atoms with E-state index in [0.717, 1.165) is 5.52 Å². The summed E-state index contributed by atoms with van der Waals surface area (Å²) in [4.78, 5) is 28.1. The van der Waals surface area contributed by atoms with Crippen LogP contribution in [0.3, 0.4) is 0 Å². The van der Waals surface area contributed by atoms with Gasteiger partial charge in [-0.3, -0.25) is 9.59 Å². The summed E-state index contributed by atoms with van der Waals surface area (Å²) >= 11 is 0. The third-order valence-corrected chi connectivity index (χ3v) is 5.16. The van der Waals surface area contributed by atoms with E-state index in [1.807, 2.05) is 18.4 Å². The zero-order valence-corrected chi connectivity index (χ0v) is 17.8. The number of nitrogens with zero attached hydrogens (tertiary/aromatic N) is 1. The van der Waals surface area contributed by atoms with Gasteiger partial charge in [0.1, 0.15) is 11.6 Å². The first-order chi connectivity index (χ1) is 14.3. The van der Waals surface area contributed by atoms with E-state index in [1.165, 1.54) is 19.2 Å². The molecule has 160 valence electrons. The zero-order valence-electron chi connectivity index (χ0n) is 17.8. The number of amides is 1. The molecule has 1 atom stereocenters. The maximum absolute atomic E-state index is 14.0. The van der Waals surface area contributed by atoms with Crippen LogP contribution in [0, 0.1) is 19.7 Å². The molecule has 0 aliphatic heterocycles. The van der Waals surface area contributed by atoms with Crippen molar-refractivity contribution >= 4 is 16.8 Å². The van der Waals surface area contributed by atoms with Gasteiger partial charge in [-0.1, -0.05) is 0 Å². The smallest absolute Gasteiger partial charge is 0.256 e. The summed E-state index contributed by atoms with van der Waals surface area (Å²) in [6.07, 6.45) is 0. The van der Waals surface area contributed by atoms with Gasteiger partial charge in [0, 0.05) is 29.4 Å². The number of carbonyl (C=O) groups excluding carboxylic acids is 1. The van der Waals surface area contributed by atoms with Gasteiger partial charge in [0.25, 0.3) is 11.5 Å². The van der Waals surface area contributed by atoms with Crippen LogP contribution in [0.4, 0.5) is 4.39 Å². The van der Waals surface area contributed by atoms with Gasteiger partial charge in [0.15, 0.2) is 0 Å². The van der Waals surface area contributed by atoms with Crippen LogP contribution >= 0.6 is 0 Å². The molecule has 2 aromatic heterocycles. The molecular weight excluding hydrogens is 389 g/mol. The van der Waals surface area contributed by atoms with Crippen molar-refractivity contribution in [2.75, 3.05) is 20.8 Å². The van der Waals surface area contributed by atoms with Crippen molar-refractivity contribution in [1.82, 2.24) is 14.9 Å². The lowest BCUT2D eigenvalue weighted by molar-refractivity contribution is 0.0951. The summed E-state index contributed by atoms with van der Waals surface area (Å²) in [5, 5.41) is 3.29. The Hall–Kier alpha value is -3.13. The maximum Gasteiger partial charge on any atom is 0.256 e. The molecule has 0 spiro atoms. The SMILES string of the molecule is COCC(C)n1c(C)c(C(=O)NCc2c(OC)cc(C)[nH]c2=O)c2cc(F)ccc21. The fraction of sp³-hybridized carbons (Fsp3) is 0.364. The molecule has 8 heteroatoms. The number of aromatic nitrogens is 2. The second-order valence-corrected chi connectivity index (χ2v) is 7.31. The number of rotatable bonds is 7. The van der Waals surface area contributed by atoms with Crippen LogP contribution in [0.1, 0.15) is 40.3 Å². The van der Waals surface area contributed by atoms with E-state index in [2.05, 4.69) is 10.3 Å². The van der Waals surface area contributed by atoms with Crippen LogP contribution in [0.25, 0.3) is 10.9 Å². The summed E-state index contributed by atoms with van der Waals surface area (Å²) in [7, 11) is 3.08. The van der Waals surface area contributed by atoms with Crippen LogP contribution < -0.4 is 15.6 Å². The molecule has 2 N–H and O–H groups in total. The second kappa shape index (κ2) is 8.71. The van der Waals surface area contributed by atoms with Crippen molar-refractivity contribution in [2.45, 2.75) is 33.4 Å². The Morgan fingerprint density at radius 3 is 2.67 bits per heavy atom. The van der Waals surface area contributed by atoms with Gasteiger partial charge in [-0.05, 0) is 45.0 Å². The van der Waals surface area contributed by atoms with E-state index >= 15 is 0 Å². The molecule has 0 saturated carbocycles. The summed E-state index contributed by atoms with van der Waals surface area (Å²) in [6.45, 7) is 5.96. The second-order valence-electron chi connectivity index (χ2n) is 7.31. The average Bonchev–Trinajstić information content (AvgIpc) is 2.97. The molecule has 0 fully saturated rings. The monoisotopic (exact) mass is 415 g/mol. The van der Waals surface area contributed by atoms with E-state index in [4.69, 9.17) is 9.47 Å². The number of hydrogen-bond acceptors (Lipinski definition) is 4. The number of carbonyl (C=O) groups is 1. The van der Waals surface area contributed by atoms with Gasteiger partial charge >= 0.3 is 0 Å². The molecule has 7 nitrogen and oxygen atoms in total.